The molecule has 1 aromatic carbocycles. The van der Waals surface area contributed by atoms with Crippen LogP contribution in [0.25, 0.3) is 0 Å². The first-order chi connectivity index (χ1) is 8.04. The molecule has 0 aliphatic carbocycles. The van der Waals surface area contributed by atoms with Crippen molar-refractivity contribution >= 4 is 5.91 Å². The first kappa shape index (κ1) is 13.1. The molecule has 0 radical (unpaired) electrons. The number of rotatable bonds is 4. The molecule has 1 unspecified atom stereocenters. The van der Waals surface area contributed by atoms with Crippen molar-refractivity contribution in [2.24, 2.45) is 5.73 Å². The Morgan fingerprint density at radius 2 is 2.24 bits per heavy atom. The van der Waals surface area contributed by atoms with E-state index in [4.69, 9.17) is 12.2 Å². The molecule has 0 saturated carbocycles. The Morgan fingerprint density at radius 1 is 1.53 bits per heavy atom. The summed E-state index contributed by atoms with van der Waals surface area (Å²) in [7, 11) is 0. The topological polar surface area (TPSA) is 55.1 Å². The number of carbonyl (C=O) groups is 1. The minimum Gasteiger partial charge on any atom is -0.351 e. The van der Waals surface area contributed by atoms with Crippen LogP contribution in [0.2, 0.25) is 0 Å². The number of hydrogen-bond donors (Lipinski definition) is 2. The van der Waals surface area contributed by atoms with Crippen LogP contribution in [0, 0.1) is 24.0 Å². The van der Waals surface area contributed by atoms with Gasteiger partial charge in [-0.25, -0.2) is 8.78 Å². The molecule has 0 heterocycles. The molecule has 0 aliphatic rings. The summed E-state index contributed by atoms with van der Waals surface area (Å²) in [6.07, 6.45) is 5.11. The lowest BCUT2D eigenvalue weighted by molar-refractivity contribution is -0.122. The summed E-state index contributed by atoms with van der Waals surface area (Å²) < 4.78 is 25.8. The van der Waals surface area contributed by atoms with Gasteiger partial charge in [-0.05, 0) is 6.07 Å². The Balaban J connectivity index is 2.56. The predicted molar refractivity (Wildman–Crippen MR) is 59.6 cm³/mol. The third-order valence-electron chi connectivity index (χ3n) is 2.14. The second-order valence-electron chi connectivity index (χ2n) is 3.47. The van der Waals surface area contributed by atoms with Gasteiger partial charge in [0.05, 0.1) is 6.04 Å². The zero-order chi connectivity index (χ0) is 12.8. The molecule has 0 saturated heterocycles. The van der Waals surface area contributed by atoms with Crippen molar-refractivity contribution in [2.75, 3.05) is 0 Å². The van der Waals surface area contributed by atoms with Gasteiger partial charge in [-0.15, -0.1) is 12.3 Å². The van der Waals surface area contributed by atoms with E-state index in [1.807, 2.05) is 0 Å². The fourth-order valence-corrected chi connectivity index (χ4v) is 1.20. The van der Waals surface area contributed by atoms with Crippen LogP contribution in [0.1, 0.15) is 12.0 Å². The highest BCUT2D eigenvalue weighted by molar-refractivity contribution is 5.81. The minimum absolute atomic E-state index is 0.0524. The summed E-state index contributed by atoms with van der Waals surface area (Å²) in [4.78, 5) is 11.4. The van der Waals surface area contributed by atoms with Gasteiger partial charge >= 0.3 is 0 Å². The third kappa shape index (κ3) is 3.85. The van der Waals surface area contributed by atoms with Gasteiger partial charge in [-0.2, -0.15) is 0 Å². The highest BCUT2D eigenvalue weighted by Crippen LogP contribution is 2.09. The van der Waals surface area contributed by atoms with Gasteiger partial charge in [0.1, 0.15) is 11.6 Å². The summed E-state index contributed by atoms with van der Waals surface area (Å²) in [6, 6.07) is 2.32. The Morgan fingerprint density at radius 3 is 2.82 bits per heavy atom. The maximum atomic E-state index is 13.2. The van der Waals surface area contributed by atoms with E-state index >= 15 is 0 Å². The summed E-state index contributed by atoms with van der Waals surface area (Å²) >= 11 is 0. The zero-order valence-corrected chi connectivity index (χ0v) is 9.04. The van der Waals surface area contributed by atoms with E-state index in [9.17, 15) is 13.6 Å². The van der Waals surface area contributed by atoms with Crippen LogP contribution >= 0.6 is 0 Å². The van der Waals surface area contributed by atoms with Crippen molar-refractivity contribution in [3.8, 4) is 12.3 Å². The maximum absolute atomic E-state index is 13.2. The van der Waals surface area contributed by atoms with Gasteiger partial charge in [0.15, 0.2) is 0 Å². The molecule has 3 nitrogen and oxygen atoms in total. The molecule has 1 amide bonds. The van der Waals surface area contributed by atoms with Crippen LogP contribution < -0.4 is 11.1 Å². The van der Waals surface area contributed by atoms with E-state index in [1.54, 1.807) is 0 Å². The second-order valence-corrected chi connectivity index (χ2v) is 3.47. The number of carbonyl (C=O) groups excluding carboxylic acids is 1. The van der Waals surface area contributed by atoms with Gasteiger partial charge in [-0.1, -0.05) is 6.07 Å². The molecule has 0 aromatic heterocycles. The SMILES string of the molecule is C#CCC(N)C(=O)NCc1ccc(F)cc1F. The van der Waals surface area contributed by atoms with E-state index in [0.717, 1.165) is 12.1 Å². The van der Waals surface area contributed by atoms with Crippen molar-refractivity contribution < 1.29 is 13.6 Å². The van der Waals surface area contributed by atoms with Crippen molar-refractivity contribution in [3.63, 3.8) is 0 Å². The molecule has 0 bridgehead atoms. The third-order valence-corrected chi connectivity index (χ3v) is 2.14. The fraction of sp³-hybridized carbons (Fsp3) is 0.250. The van der Waals surface area contributed by atoms with Crippen molar-refractivity contribution in [2.45, 2.75) is 19.0 Å². The molecular formula is C12H12F2N2O. The summed E-state index contributed by atoms with van der Waals surface area (Å²) in [6.45, 7) is -0.0524. The molecule has 17 heavy (non-hydrogen) atoms. The van der Waals surface area contributed by atoms with Crippen LogP contribution in [-0.2, 0) is 11.3 Å². The lowest BCUT2D eigenvalue weighted by atomic mass is 10.2. The average molecular weight is 238 g/mol. The Hall–Kier alpha value is -1.93. The first-order valence-corrected chi connectivity index (χ1v) is 4.95. The van der Waals surface area contributed by atoms with Crippen LogP contribution in [0.15, 0.2) is 18.2 Å². The van der Waals surface area contributed by atoms with E-state index in [1.165, 1.54) is 6.07 Å². The normalized spacial score (nSPS) is 11.6. The van der Waals surface area contributed by atoms with E-state index in [0.29, 0.717) is 0 Å². The number of nitrogens with one attached hydrogen (secondary N) is 1. The van der Waals surface area contributed by atoms with E-state index in [2.05, 4.69) is 11.2 Å². The Labute approximate surface area is 98.0 Å². The molecule has 90 valence electrons. The first-order valence-electron chi connectivity index (χ1n) is 4.95. The minimum atomic E-state index is -0.816. The number of hydrogen-bond acceptors (Lipinski definition) is 2. The highest BCUT2D eigenvalue weighted by atomic mass is 19.1. The van der Waals surface area contributed by atoms with Crippen molar-refractivity contribution in [1.82, 2.24) is 5.32 Å². The fourth-order valence-electron chi connectivity index (χ4n) is 1.20. The standard InChI is InChI=1S/C12H12F2N2O/c1-2-3-11(15)12(17)16-7-8-4-5-9(13)6-10(8)14/h1,4-6,11H,3,7,15H2,(H,16,17). The molecule has 1 rings (SSSR count). The second kappa shape index (κ2) is 5.97. The van der Waals surface area contributed by atoms with Crippen LogP contribution in [0.4, 0.5) is 8.78 Å². The van der Waals surface area contributed by atoms with Gasteiger partial charge in [0.2, 0.25) is 5.91 Å². The number of nitrogens with two attached hydrogens (primary N) is 1. The van der Waals surface area contributed by atoms with Gasteiger partial charge in [0.25, 0.3) is 0 Å². The largest absolute Gasteiger partial charge is 0.351 e. The zero-order valence-electron chi connectivity index (χ0n) is 9.04. The predicted octanol–water partition coefficient (Wildman–Crippen LogP) is 0.932. The molecular weight excluding hydrogens is 226 g/mol. The number of amides is 1. The molecule has 1 atom stereocenters. The highest BCUT2D eigenvalue weighted by Gasteiger charge is 2.12. The summed E-state index contributed by atoms with van der Waals surface area (Å²) in [5.41, 5.74) is 5.63. The summed E-state index contributed by atoms with van der Waals surface area (Å²) in [5, 5.41) is 2.42. The van der Waals surface area contributed by atoms with Crippen molar-refractivity contribution in [3.05, 3.63) is 35.4 Å². The van der Waals surface area contributed by atoms with E-state index in [-0.39, 0.29) is 18.5 Å². The molecule has 3 N–H and O–H groups in total. The smallest absolute Gasteiger partial charge is 0.238 e. The average Bonchev–Trinajstić information content (AvgIpc) is 2.27. The lowest BCUT2D eigenvalue weighted by Gasteiger charge is -2.10. The molecule has 0 aliphatic heterocycles. The van der Waals surface area contributed by atoms with Gasteiger partial charge in [-0.3, -0.25) is 4.79 Å². The number of halogens is 2. The Bertz CT molecular complexity index is 454. The number of benzene rings is 1. The van der Waals surface area contributed by atoms with Crippen LogP contribution in [0.3, 0.4) is 0 Å². The number of terminal acetylenes is 1. The maximum Gasteiger partial charge on any atom is 0.238 e. The van der Waals surface area contributed by atoms with Gasteiger partial charge < -0.3 is 11.1 Å². The monoisotopic (exact) mass is 238 g/mol. The molecule has 1 aromatic rings. The molecule has 0 fully saturated rings. The summed E-state index contributed by atoms with van der Waals surface area (Å²) in [5.74, 6) is 0.412. The Kier molecular flexibility index (Phi) is 4.61. The van der Waals surface area contributed by atoms with Gasteiger partial charge in [0, 0.05) is 24.6 Å². The molecule has 0 spiro atoms. The van der Waals surface area contributed by atoms with E-state index < -0.39 is 23.6 Å². The van der Waals surface area contributed by atoms with Crippen LogP contribution in [-0.4, -0.2) is 11.9 Å². The van der Waals surface area contributed by atoms with Crippen molar-refractivity contribution in [1.29, 1.82) is 0 Å². The quantitative estimate of drug-likeness (QED) is 0.767. The molecule has 5 heteroatoms. The van der Waals surface area contributed by atoms with Crippen LogP contribution in [0.5, 0.6) is 0 Å². The lowest BCUT2D eigenvalue weighted by Crippen LogP contribution is -2.40.